The summed E-state index contributed by atoms with van der Waals surface area (Å²) in [6.45, 7) is 0. The molecule has 0 spiro atoms. The Bertz CT molecular complexity index is 530. The first-order chi connectivity index (χ1) is 7.58. The van der Waals surface area contributed by atoms with Crippen LogP contribution in [0, 0.1) is 10.1 Å². The van der Waals surface area contributed by atoms with E-state index >= 15 is 0 Å². The van der Waals surface area contributed by atoms with Crippen molar-refractivity contribution in [3.63, 3.8) is 0 Å². The number of rotatable bonds is 2. The van der Waals surface area contributed by atoms with Gasteiger partial charge in [-0.15, -0.1) is 0 Å². The average molecular weight is 218 g/mol. The third-order valence-corrected chi connectivity index (χ3v) is 2.25. The first kappa shape index (κ1) is 10.2. The van der Waals surface area contributed by atoms with Crippen molar-refractivity contribution in [3.8, 4) is 11.1 Å². The number of aryl methyl sites for hydroxylation is 1. The zero-order valence-corrected chi connectivity index (χ0v) is 8.62. The lowest BCUT2D eigenvalue weighted by Crippen LogP contribution is -1.91. The number of non-ortho nitro benzene ring substituents is 1. The molecule has 2 N–H and O–H groups in total. The van der Waals surface area contributed by atoms with Gasteiger partial charge in [0.05, 0.1) is 4.92 Å². The maximum atomic E-state index is 10.5. The summed E-state index contributed by atoms with van der Waals surface area (Å²) >= 11 is 0. The van der Waals surface area contributed by atoms with E-state index in [1.54, 1.807) is 30.1 Å². The molecule has 1 heterocycles. The van der Waals surface area contributed by atoms with Gasteiger partial charge in [0.2, 0.25) is 0 Å². The van der Waals surface area contributed by atoms with Gasteiger partial charge in [-0.2, -0.15) is 5.10 Å². The summed E-state index contributed by atoms with van der Waals surface area (Å²) in [6.07, 6.45) is 1.77. The van der Waals surface area contributed by atoms with E-state index in [-0.39, 0.29) is 5.69 Å². The summed E-state index contributed by atoms with van der Waals surface area (Å²) < 4.78 is 1.60. The van der Waals surface area contributed by atoms with Gasteiger partial charge in [-0.1, -0.05) is 0 Å². The fourth-order valence-corrected chi connectivity index (χ4v) is 1.49. The molecule has 0 unspecified atom stereocenters. The van der Waals surface area contributed by atoms with E-state index in [2.05, 4.69) is 5.10 Å². The van der Waals surface area contributed by atoms with Crippen molar-refractivity contribution in [2.45, 2.75) is 0 Å². The molecular formula is C10H10N4O2. The van der Waals surface area contributed by atoms with Crippen LogP contribution in [-0.2, 0) is 7.05 Å². The van der Waals surface area contributed by atoms with E-state index in [1.807, 2.05) is 0 Å². The Hall–Kier alpha value is -2.37. The number of aromatic nitrogens is 2. The molecule has 0 radical (unpaired) electrons. The number of benzene rings is 1. The van der Waals surface area contributed by atoms with Crippen LogP contribution in [0.5, 0.6) is 0 Å². The van der Waals surface area contributed by atoms with Crippen molar-refractivity contribution in [3.05, 3.63) is 40.6 Å². The molecule has 1 aromatic heterocycles. The van der Waals surface area contributed by atoms with Crippen molar-refractivity contribution in [2.75, 3.05) is 5.73 Å². The van der Waals surface area contributed by atoms with Crippen LogP contribution < -0.4 is 5.73 Å². The summed E-state index contributed by atoms with van der Waals surface area (Å²) in [5, 5.41) is 14.5. The fraction of sp³-hybridized carbons (Fsp3) is 0.100. The molecule has 0 fully saturated rings. The molecule has 2 rings (SSSR count). The van der Waals surface area contributed by atoms with Crippen molar-refractivity contribution in [1.82, 2.24) is 9.78 Å². The smallest absolute Gasteiger partial charge is 0.269 e. The molecule has 0 saturated heterocycles. The third-order valence-electron chi connectivity index (χ3n) is 2.25. The number of nitrogen functional groups attached to an aromatic ring is 1. The first-order valence-electron chi connectivity index (χ1n) is 4.62. The van der Waals surface area contributed by atoms with Gasteiger partial charge in [-0.05, 0) is 17.7 Å². The minimum absolute atomic E-state index is 0.0613. The van der Waals surface area contributed by atoms with E-state index in [0.29, 0.717) is 5.82 Å². The molecule has 0 amide bonds. The highest BCUT2D eigenvalue weighted by molar-refractivity contribution is 5.73. The standard InChI is InChI=1S/C10H10N4O2/c1-13-6-9(10(11)12-13)7-2-4-8(5-3-7)14(15)16/h2-6H,1H3,(H2,11,12). The molecule has 0 atom stereocenters. The summed E-state index contributed by atoms with van der Waals surface area (Å²) in [5.74, 6) is 0.413. The number of nitro groups is 1. The molecule has 1 aromatic carbocycles. The number of hydrogen-bond donors (Lipinski definition) is 1. The number of nitro benzene ring substituents is 1. The van der Waals surface area contributed by atoms with E-state index in [1.165, 1.54) is 12.1 Å². The predicted molar refractivity (Wildman–Crippen MR) is 59.7 cm³/mol. The summed E-state index contributed by atoms with van der Waals surface area (Å²) in [7, 11) is 1.77. The van der Waals surface area contributed by atoms with Gasteiger partial charge in [0.25, 0.3) is 5.69 Å². The Morgan fingerprint density at radius 2 is 2.00 bits per heavy atom. The lowest BCUT2D eigenvalue weighted by molar-refractivity contribution is -0.384. The topological polar surface area (TPSA) is 87.0 Å². The second kappa shape index (κ2) is 3.65. The molecule has 0 aliphatic carbocycles. The monoisotopic (exact) mass is 218 g/mol. The van der Waals surface area contributed by atoms with Gasteiger partial charge in [0, 0.05) is 30.9 Å². The quantitative estimate of drug-likeness (QED) is 0.612. The van der Waals surface area contributed by atoms with Crippen LogP contribution in [0.25, 0.3) is 11.1 Å². The minimum atomic E-state index is -0.434. The van der Waals surface area contributed by atoms with E-state index in [0.717, 1.165) is 11.1 Å². The Labute approximate surface area is 91.5 Å². The van der Waals surface area contributed by atoms with Crippen LogP contribution in [0.1, 0.15) is 0 Å². The normalized spacial score (nSPS) is 10.3. The Morgan fingerprint density at radius 3 is 2.44 bits per heavy atom. The number of anilines is 1. The zero-order chi connectivity index (χ0) is 11.7. The lowest BCUT2D eigenvalue weighted by Gasteiger charge is -1.97. The Morgan fingerprint density at radius 1 is 1.38 bits per heavy atom. The van der Waals surface area contributed by atoms with Gasteiger partial charge in [-0.25, -0.2) is 0 Å². The van der Waals surface area contributed by atoms with Gasteiger partial charge in [0.1, 0.15) is 0 Å². The van der Waals surface area contributed by atoms with Gasteiger partial charge < -0.3 is 5.73 Å². The van der Waals surface area contributed by atoms with Crippen LogP contribution in [0.15, 0.2) is 30.5 Å². The van der Waals surface area contributed by atoms with Crippen molar-refractivity contribution in [1.29, 1.82) is 0 Å². The van der Waals surface area contributed by atoms with Crippen molar-refractivity contribution in [2.24, 2.45) is 7.05 Å². The summed E-state index contributed by atoms with van der Waals surface area (Å²) in [6, 6.07) is 6.21. The molecule has 0 saturated carbocycles. The largest absolute Gasteiger partial charge is 0.382 e. The Balaban J connectivity index is 2.42. The van der Waals surface area contributed by atoms with Gasteiger partial charge >= 0.3 is 0 Å². The maximum absolute atomic E-state index is 10.5. The second-order valence-electron chi connectivity index (χ2n) is 3.41. The highest BCUT2D eigenvalue weighted by Gasteiger charge is 2.09. The fourth-order valence-electron chi connectivity index (χ4n) is 1.49. The van der Waals surface area contributed by atoms with E-state index in [9.17, 15) is 10.1 Å². The van der Waals surface area contributed by atoms with E-state index in [4.69, 9.17) is 5.73 Å². The molecule has 6 heteroatoms. The van der Waals surface area contributed by atoms with Gasteiger partial charge in [-0.3, -0.25) is 14.8 Å². The molecule has 82 valence electrons. The molecule has 0 bridgehead atoms. The van der Waals surface area contributed by atoms with Crippen molar-refractivity contribution < 1.29 is 4.92 Å². The average Bonchev–Trinajstić information content (AvgIpc) is 2.58. The number of nitrogens with two attached hydrogens (primary N) is 1. The summed E-state index contributed by atoms with van der Waals surface area (Å²) in [4.78, 5) is 10.1. The third kappa shape index (κ3) is 1.72. The van der Waals surface area contributed by atoms with Crippen LogP contribution >= 0.6 is 0 Å². The predicted octanol–water partition coefficient (Wildman–Crippen LogP) is 1.58. The first-order valence-corrected chi connectivity index (χ1v) is 4.62. The lowest BCUT2D eigenvalue weighted by atomic mass is 10.1. The molecule has 2 aromatic rings. The van der Waals surface area contributed by atoms with Crippen LogP contribution in [-0.4, -0.2) is 14.7 Å². The SMILES string of the molecule is Cn1cc(-c2ccc([N+](=O)[O-])cc2)c(N)n1. The number of nitrogens with zero attached hydrogens (tertiary/aromatic N) is 3. The molecule has 16 heavy (non-hydrogen) atoms. The Kier molecular flexibility index (Phi) is 2.32. The maximum Gasteiger partial charge on any atom is 0.269 e. The highest BCUT2D eigenvalue weighted by atomic mass is 16.6. The van der Waals surface area contributed by atoms with Gasteiger partial charge in [0.15, 0.2) is 5.82 Å². The number of hydrogen-bond acceptors (Lipinski definition) is 4. The molecular weight excluding hydrogens is 208 g/mol. The molecule has 6 nitrogen and oxygen atoms in total. The molecule has 0 aliphatic heterocycles. The summed E-state index contributed by atoms with van der Waals surface area (Å²) in [5.41, 5.74) is 7.36. The second-order valence-corrected chi connectivity index (χ2v) is 3.41. The van der Waals surface area contributed by atoms with Crippen LogP contribution in [0.3, 0.4) is 0 Å². The van der Waals surface area contributed by atoms with Crippen LogP contribution in [0.2, 0.25) is 0 Å². The van der Waals surface area contributed by atoms with E-state index < -0.39 is 4.92 Å². The highest BCUT2D eigenvalue weighted by Crippen LogP contribution is 2.26. The minimum Gasteiger partial charge on any atom is -0.382 e. The van der Waals surface area contributed by atoms with Crippen molar-refractivity contribution >= 4 is 11.5 Å². The zero-order valence-electron chi connectivity index (χ0n) is 8.62. The van der Waals surface area contributed by atoms with Crippen LogP contribution in [0.4, 0.5) is 11.5 Å². The molecule has 0 aliphatic rings.